The molecule has 0 unspecified atom stereocenters. The van der Waals surface area contributed by atoms with E-state index < -0.39 is 0 Å². The van der Waals surface area contributed by atoms with E-state index in [1.54, 1.807) is 0 Å². The van der Waals surface area contributed by atoms with E-state index in [4.69, 9.17) is 4.42 Å². The Morgan fingerprint density at radius 2 is 0.896 bits per heavy atom. The van der Waals surface area contributed by atoms with Crippen molar-refractivity contribution in [3.63, 3.8) is 0 Å². The van der Waals surface area contributed by atoms with Gasteiger partial charge in [-0.3, -0.25) is 0 Å². The normalized spacial score (nSPS) is 11.8. The fourth-order valence-electron chi connectivity index (χ4n) is 7.43. The lowest BCUT2D eigenvalue weighted by atomic mass is 9.96. The topological polar surface area (TPSA) is 16.4 Å². The fourth-order valence-corrected chi connectivity index (χ4v) is 7.43. The van der Waals surface area contributed by atoms with Gasteiger partial charge in [0.1, 0.15) is 11.2 Å². The number of furan rings is 1. The van der Waals surface area contributed by atoms with Crippen molar-refractivity contribution in [2.24, 2.45) is 0 Å². The molecule has 0 fully saturated rings. The summed E-state index contributed by atoms with van der Waals surface area (Å²) in [6.45, 7) is 0. The minimum atomic E-state index is 0.889. The van der Waals surface area contributed by atoms with Crippen molar-refractivity contribution < 1.29 is 4.42 Å². The summed E-state index contributed by atoms with van der Waals surface area (Å²) >= 11 is 0. The molecule has 0 saturated heterocycles. The van der Waals surface area contributed by atoms with Crippen LogP contribution in [0.15, 0.2) is 180 Å². The first kappa shape index (κ1) is 26.8. The molecule has 0 aliphatic heterocycles. The molecule has 2 heteroatoms. The third-order valence-electron chi connectivity index (χ3n) is 9.78. The number of nitrogens with zero attached hydrogens (tertiary/aromatic N) is 1. The minimum absolute atomic E-state index is 0.889. The van der Waals surface area contributed by atoms with Crippen LogP contribution < -0.4 is 4.90 Å². The highest BCUT2D eigenvalue weighted by molar-refractivity contribution is 6.20. The van der Waals surface area contributed by atoms with E-state index in [-0.39, 0.29) is 0 Å². The molecule has 0 spiro atoms. The van der Waals surface area contributed by atoms with Crippen molar-refractivity contribution in [1.29, 1.82) is 0 Å². The molecule has 0 amide bonds. The van der Waals surface area contributed by atoms with Gasteiger partial charge in [-0.15, -0.1) is 0 Å². The third kappa shape index (κ3) is 4.27. The molecule has 1 aromatic heterocycles. The highest BCUT2D eigenvalue weighted by Crippen LogP contribution is 2.42. The predicted molar refractivity (Wildman–Crippen MR) is 204 cm³/mol. The van der Waals surface area contributed by atoms with Crippen molar-refractivity contribution in [1.82, 2.24) is 0 Å². The Morgan fingerprint density at radius 3 is 1.73 bits per heavy atom. The van der Waals surface area contributed by atoms with Crippen LogP contribution in [0.4, 0.5) is 17.1 Å². The Hall–Kier alpha value is -6.38. The van der Waals surface area contributed by atoms with Crippen LogP contribution in [0, 0.1) is 0 Å². The average molecular weight is 612 g/mol. The molecule has 48 heavy (non-hydrogen) atoms. The molecular weight excluding hydrogens is 583 g/mol. The van der Waals surface area contributed by atoms with Crippen molar-refractivity contribution >= 4 is 82.1 Å². The van der Waals surface area contributed by atoms with Gasteiger partial charge in [0.15, 0.2) is 0 Å². The summed E-state index contributed by atoms with van der Waals surface area (Å²) in [6, 6.07) is 63.4. The van der Waals surface area contributed by atoms with Crippen LogP contribution in [-0.4, -0.2) is 0 Å². The van der Waals surface area contributed by atoms with E-state index in [1.165, 1.54) is 54.2 Å². The zero-order valence-corrected chi connectivity index (χ0v) is 26.1. The third-order valence-corrected chi connectivity index (χ3v) is 9.78. The first-order chi connectivity index (χ1) is 23.8. The summed E-state index contributed by atoms with van der Waals surface area (Å²) in [6.07, 6.45) is 0. The number of hydrogen-bond acceptors (Lipinski definition) is 2. The van der Waals surface area contributed by atoms with Gasteiger partial charge in [-0.1, -0.05) is 121 Å². The molecule has 10 rings (SSSR count). The molecule has 0 saturated carbocycles. The fraction of sp³-hybridized carbons (Fsp3) is 0. The van der Waals surface area contributed by atoms with Crippen molar-refractivity contribution in [3.8, 4) is 11.1 Å². The Bertz CT molecular complexity index is 2830. The van der Waals surface area contributed by atoms with E-state index in [2.05, 4.69) is 181 Å². The van der Waals surface area contributed by atoms with Gasteiger partial charge in [-0.25, -0.2) is 0 Å². The van der Waals surface area contributed by atoms with E-state index >= 15 is 0 Å². The number of anilines is 3. The summed E-state index contributed by atoms with van der Waals surface area (Å²) in [7, 11) is 0. The van der Waals surface area contributed by atoms with E-state index in [0.717, 1.165) is 39.0 Å². The summed E-state index contributed by atoms with van der Waals surface area (Å²) < 4.78 is 6.39. The van der Waals surface area contributed by atoms with Gasteiger partial charge < -0.3 is 9.32 Å². The van der Waals surface area contributed by atoms with Gasteiger partial charge in [-0.05, 0) is 109 Å². The Morgan fingerprint density at radius 1 is 0.312 bits per heavy atom. The Kier molecular flexibility index (Phi) is 5.91. The molecule has 0 N–H and O–H groups in total. The summed E-state index contributed by atoms with van der Waals surface area (Å²) in [4.78, 5) is 2.36. The van der Waals surface area contributed by atoms with Crippen molar-refractivity contribution in [2.75, 3.05) is 4.90 Å². The van der Waals surface area contributed by atoms with Crippen LogP contribution in [0.3, 0.4) is 0 Å². The van der Waals surface area contributed by atoms with Crippen molar-refractivity contribution in [2.45, 2.75) is 0 Å². The van der Waals surface area contributed by atoms with E-state index in [1.807, 2.05) is 0 Å². The number of hydrogen-bond donors (Lipinski definition) is 0. The van der Waals surface area contributed by atoms with Gasteiger partial charge in [0.25, 0.3) is 0 Å². The van der Waals surface area contributed by atoms with Crippen LogP contribution in [0.1, 0.15) is 0 Å². The maximum absolute atomic E-state index is 6.39. The van der Waals surface area contributed by atoms with Crippen LogP contribution >= 0.6 is 0 Å². The van der Waals surface area contributed by atoms with Gasteiger partial charge >= 0.3 is 0 Å². The minimum Gasteiger partial charge on any atom is -0.456 e. The summed E-state index contributed by atoms with van der Waals surface area (Å²) in [5, 5.41) is 12.2. The van der Waals surface area contributed by atoms with Gasteiger partial charge in [0, 0.05) is 27.8 Å². The van der Waals surface area contributed by atoms with Gasteiger partial charge in [0.2, 0.25) is 0 Å². The van der Waals surface area contributed by atoms with Crippen LogP contribution in [0.25, 0.3) is 76.2 Å². The molecule has 2 nitrogen and oxygen atoms in total. The monoisotopic (exact) mass is 611 g/mol. The largest absolute Gasteiger partial charge is 0.456 e. The molecule has 224 valence electrons. The maximum Gasteiger partial charge on any atom is 0.136 e. The molecule has 1 heterocycles. The predicted octanol–water partition coefficient (Wildman–Crippen LogP) is 13.3. The van der Waals surface area contributed by atoms with Gasteiger partial charge in [-0.2, -0.15) is 0 Å². The lowest BCUT2D eigenvalue weighted by molar-refractivity contribution is 0.669. The summed E-state index contributed by atoms with van der Waals surface area (Å²) in [5.74, 6) is 0. The Labute approximate surface area is 277 Å². The highest BCUT2D eigenvalue weighted by Gasteiger charge is 2.17. The van der Waals surface area contributed by atoms with E-state index in [9.17, 15) is 0 Å². The molecule has 10 aromatic rings. The average Bonchev–Trinajstić information content (AvgIpc) is 3.51. The van der Waals surface area contributed by atoms with Crippen LogP contribution in [0.5, 0.6) is 0 Å². The second kappa shape index (κ2) is 10.6. The zero-order valence-electron chi connectivity index (χ0n) is 26.1. The van der Waals surface area contributed by atoms with Gasteiger partial charge in [0.05, 0.1) is 0 Å². The van der Waals surface area contributed by atoms with Crippen LogP contribution in [0.2, 0.25) is 0 Å². The smallest absolute Gasteiger partial charge is 0.136 e. The lowest BCUT2D eigenvalue weighted by Crippen LogP contribution is -2.09. The first-order valence-corrected chi connectivity index (χ1v) is 16.4. The zero-order chi connectivity index (χ0) is 31.6. The number of benzene rings is 9. The van der Waals surface area contributed by atoms with Crippen LogP contribution in [-0.2, 0) is 0 Å². The van der Waals surface area contributed by atoms with Crippen molar-refractivity contribution in [3.05, 3.63) is 176 Å². The maximum atomic E-state index is 6.39. The highest BCUT2D eigenvalue weighted by atomic mass is 16.3. The quantitative estimate of drug-likeness (QED) is 0.184. The number of fused-ring (bicyclic) bond motifs is 9. The first-order valence-electron chi connectivity index (χ1n) is 16.4. The molecule has 0 atom stereocenters. The SMILES string of the molecule is c1ccc(-c2ccc(N(c3ccc4c(ccc5ccc6ccccc6c54)c3)c3ccc4oc5cc6ccccc6cc5c4c3)cc2)cc1. The standard InChI is InChI=1S/C46H29NO/c1-2-8-30(9-3-1)31-18-20-37(21-19-31)47(39-23-25-44-43(29-39)42-27-34-11-4-5-12-35(34)28-45(42)48-44)38-22-24-41-36(26-38)17-16-33-15-14-32-10-6-7-13-40(32)46(33)41/h1-29H. The molecular formula is C46H29NO. The molecule has 0 radical (unpaired) electrons. The summed E-state index contributed by atoms with van der Waals surface area (Å²) in [5.41, 5.74) is 7.48. The second-order valence-corrected chi connectivity index (χ2v) is 12.6. The molecule has 9 aromatic carbocycles. The van der Waals surface area contributed by atoms with E-state index in [0.29, 0.717) is 0 Å². The lowest BCUT2D eigenvalue weighted by Gasteiger charge is -2.26. The molecule has 0 aliphatic carbocycles. The Balaban J connectivity index is 1.18. The second-order valence-electron chi connectivity index (χ2n) is 12.6. The molecule has 0 aliphatic rings. The number of rotatable bonds is 4. The molecule has 0 bridgehead atoms.